The molecule has 0 fully saturated rings. The number of ether oxygens (including phenoxy) is 1. The van der Waals surface area contributed by atoms with Crippen molar-refractivity contribution >= 4 is 0 Å². The zero-order valence-electron chi connectivity index (χ0n) is 12.2. The number of hydrogen-bond donors (Lipinski definition) is 0. The van der Waals surface area contributed by atoms with Gasteiger partial charge in [0.05, 0.1) is 7.11 Å². The summed E-state index contributed by atoms with van der Waals surface area (Å²) in [6.07, 6.45) is 1.80. The van der Waals surface area contributed by atoms with E-state index in [1.54, 1.807) is 31.0 Å². The Bertz CT molecular complexity index is 634. The van der Waals surface area contributed by atoms with Crippen LogP contribution in [0.5, 0.6) is 5.75 Å². The second-order valence-electron chi connectivity index (χ2n) is 4.97. The van der Waals surface area contributed by atoms with Crippen molar-refractivity contribution < 1.29 is 4.74 Å². The van der Waals surface area contributed by atoms with Crippen LogP contribution in [0, 0.1) is 0 Å². The van der Waals surface area contributed by atoms with Gasteiger partial charge in [-0.25, -0.2) is 0 Å². The number of rotatable bonds is 5. The molecule has 0 atom stereocenters. The fourth-order valence-electron chi connectivity index (χ4n) is 2.18. The molecule has 1 aromatic heterocycles. The number of aryl methyl sites for hydroxylation is 1. The molecule has 20 heavy (non-hydrogen) atoms. The maximum absolute atomic E-state index is 11.6. The van der Waals surface area contributed by atoms with Crippen LogP contribution in [-0.4, -0.2) is 23.6 Å². The van der Waals surface area contributed by atoms with Gasteiger partial charge < -0.3 is 9.30 Å². The third kappa shape index (κ3) is 3.48. The van der Waals surface area contributed by atoms with Gasteiger partial charge in [0.2, 0.25) is 0 Å². The minimum Gasteiger partial charge on any atom is -0.496 e. The molecule has 0 N–H and O–H groups in total. The van der Waals surface area contributed by atoms with Gasteiger partial charge >= 0.3 is 0 Å². The lowest BCUT2D eigenvalue weighted by Crippen LogP contribution is -2.21. The second kappa shape index (κ2) is 6.39. The Morgan fingerprint density at radius 2 is 1.95 bits per heavy atom. The van der Waals surface area contributed by atoms with Crippen molar-refractivity contribution in [1.82, 2.24) is 9.47 Å². The Balaban J connectivity index is 2.06. The van der Waals surface area contributed by atoms with Crippen LogP contribution < -0.4 is 10.3 Å². The second-order valence-corrected chi connectivity index (χ2v) is 4.97. The molecule has 106 valence electrons. The average Bonchev–Trinajstić information content (AvgIpc) is 2.43. The van der Waals surface area contributed by atoms with E-state index >= 15 is 0 Å². The summed E-state index contributed by atoms with van der Waals surface area (Å²) >= 11 is 0. The van der Waals surface area contributed by atoms with E-state index in [-0.39, 0.29) is 5.56 Å². The van der Waals surface area contributed by atoms with Crippen molar-refractivity contribution in [3.05, 3.63) is 64.1 Å². The first kappa shape index (κ1) is 14.3. The quantitative estimate of drug-likeness (QED) is 0.835. The van der Waals surface area contributed by atoms with Crippen LogP contribution in [0.25, 0.3) is 0 Å². The Morgan fingerprint density at radius 3 is 2.65 bits per heavy atom. The molecule has 0 bridgehead atoms. The number of benzene rings is 1. The van der Waals surface area contributed by atoms with Crippen molar-refractivity contribution in [2.24, 2.45) is 7.05 Å². The van der Waals surface area contributed by atoms with Crippen LogP contribution >= 0.6 is 0 Å². The lowest BCUT2D eigenvalue weighted by Gasteiger charge is -2.18. The van der Waals surface area contributed by atoms with E-state index in [2.05, 4.69) is 11.0 Å². The predicted molar refractivity (Wildman–Crippen MR) is 79.8 cm³/mol. The van der Waals surface area contributed by atoms with Crippen molar-refractivity contribution in [3.63, 3.8) is 0 Å². The molecule has 2 aromatic rings. The first-order chi connectivity index (χ1) is 9.60. The fraction of sp³-hybridized carbons (Fsp3) is 0.312. The molecule has 2 rings (SSSR count). The summed E-state index contributed by atoms with van der Waals surface area (Å²) in [5.74, 6) is 0.892. The Labute approximate surface area is 119 Å². The first-order valence-corrected chi connectivity index (χ1v) is 6.56. The summed E-state index contributed by atoms with van der Waals surface area (Å²) in [5, 5.41) is 0. The van der Waals surface area contributed by atoms with Gasteiger partial charge in [-0.15, -0.1) is 0 Å². The molecule has 0 unspecified atom stereocenters. The molecule has 0 saturated heterocycles. The van der Waals surface area contributed by atoms with Crippen LogP contribution in [-0.2, 0) is 20.1 Å². The van der Waals surface area contributed by atoms with Gasteiger partial charge in [0.1, 0.15) is 5.75 Å². The van der Waals surface area contributed by atoms with E-state index in [4.69, 9.17) is 4.74 Å². The molecule has 1 aromatic carbocycles. The molecule has 0 spiro atoms. The van der Waals surface area contributed by atoms with E-state index < -0.39 is 0 Å². The summed E-state index contributed by atoms with van der Waals surface area (Å²) in [6, 6.07) is 11.6. The van der Waals surface area contributed by atoms with Gasteiger partial charge in [-0.2, -0.15) is 0 Å². The number of para-hydroxylation sites is 1. The van der Waals surface area contributed by atoms with E-state index in [1.165, 1.54) is 0 Å². The SMILES string of the molecule is COc1ccccc1CN(C)Cc1ccn(C)c(=O)c1. The Hall–Kier alpha value is -2.07. The van der Waals surface area contributed by atoms with Crippen LogP contribution in [0.2, 0.25) is 0 Å². The van der Waals surface area contributed by atoms with Crippen molar-refractivity contribution in [1.29, 1.82) is 0 Å². The Morgan fingerprint density at radius 1 is 1.20 bits per heavy atom. The topological polar surface area (TPSA) is 34.5 Å². The molecule has 0 aliphatic rings. The normalized spacial score (nSPS) is 10.8. The highest BCUT2D eigenvalue weighted by atomic mass is 16.5. The van der Waals surface area contributed by atoms with Crippen LogP contribution in [0.4, 0.5) is 0 Å². The van der Waals surface area contributed by atoms with Gasteiger partial charge in [0.15, 0.2) is 0 Å². The van der Waals surface area contributed by atoms with Gasteiger partial charge in [-0.3, -0.25) is 9.69 Å². The Kier molecular flexibility index (Phi) is 4.58. The summed E-state index contributed by atoms with van der Waals surface area (Å²) in [5.41, 5.74) is 2.18. The lowest BCUT2D eigenvalue weighted by molar-refractivity contribution is 0.310. The smallest absolute Gasteiger partial charge is 0.250 e. The predicted octanol–water partition coefficient (Wildman–Crippen LogP) is 2.03. The highest BCUT2D eigenvalue weighted by molar-refractivity contribution is 5.33. The van der Waals surface area contributed by atoms with E-state index in [1.807, 2.05) is 31.3 Å². The molecule has 0 saturated carbocycles. The number of nitrogens with zero attached hydrogens (tertiary/aromatic N) is 2. The molecule has 4 heteroatoms. The highest BCUT2D eigenvalue weighted by Crippen LogP contribution is 2.19. The van der Waals surface area contributed by atoms with E-state index in [0.717, 1.165) is 30.0 Å². The third-order valence-corrected chi connectivity index (χ3v) is 3.25. The maximum Gasteiger partial charge on any atom is 0.250 e. The molecular formula is C16H20N2O2. The zero-order valence-corrected chi connectivity index (χ0v) is 12.2. The fourth-order valence-corrected chi connectivity index (χ4v) is 2.18. The number of aromatic nitrogens is 1. The maximum atomic E-state index is 11.6. The van der Waals surface area contributed by atoms with Crippen LogP contribution in [0.15, 0.2) is 47.4 Å². The summed E-state index contributed by atoms with van der Waals surface area (Å²) in [4.78, 5) is 13.8. The number of pyridine rings is 1. The zero-order chi connectivity index (χ0) is 14.5. The lowest BCUT2D eigenvalue weighted by atomic mass is 10.1. The van der Waals surface area contributed by atoms with E-state index in [9.17, 15) is 4.79 Å². The first-order valence-electron chi connectivity index (χ1n) is 6.56. The standard InChI is InChI=1S/C16H20N2O2/c1-17(11-13-8-9-18(2)16(19)10-13)12-14-6-4-5-7-15(14)20-3/h4-10H,11-12H2,1-3H3. The van der Waals surface area contributed by atoms with E-state index in [0.29, 0.717) is 0 Å². The van der Waals surface area contributed by atoms with Crippen molar-refractivity contribution in [2.45, 2.75) is 13.1 Å². The molecule has 0 aliphatic heterocycles. The third-order valence-electron chi connectivity index (χ3n) is 3.25. The van der Waals surface area contributed by atoms with Crippen LogP contribution in [0.1, 0.15) is 11.1 Å². The molecule has 0 amide bonds. The average molecular weight is 272 g/mol. The van der Waals surface area contributed by atoms with Gasteiger partial charge in [-0.1, -0.05) is 18.2 Å². The summed E-state index contributed by atoms with van der Waals surface area (Å²) in [6.45, 7) is 1.51. The minimum absolute atomic E-state index is 0.0215. The summed E-state index contributed by atoms with van der Waals surface area (Å²) in [7, 11) is 5.47. The monoisotopic (exact) mass is 272 g/mol. The van der Waals surface area contributed by atoms with Gasteiger partial charge in [0.25, 0.3) is 5.56 Å². The van der Waals surface area contributed by atoms with Crippen molar-refractivity contribution in [3.8, 4) is 5.75 Å². The summed E-state index contributed by atoms with van der Waals surface area (Å²) < 4.78 is 6.92. The minimum atomic E-state index is 0.0215. The highest BCUT2D eigenvalue weighted by Gasteiger charge is 2.06. The molecule has 1 heterocycles. The van der Waals surface area contributed by atoms with Gasteiger partial charge in [-0.05, 0) is 24.7 Å². The number of hydrogen-bond acceptors (Lipinski definition) is 3. The molecule has 0 radical (unpaired) electrons. The largest absolute Gasteiger partial charge is 0.496 e. The van der Waals surface area contributed by atoms with Gasteiger partial charge in [0, 0.05) is 38.0 Å². The molecule has 4 nitrogen and oxygen atoms in total. The number of methoxy groups -OCH3 is 1. The molecular weight excluding hydrogens is 252 g/mol. The van der Waals surface area contributed by atoms with Crippen molar-refractivity contribution in [2.75, 3.05) is 14.2 Å². The van der Waals surface area contributed by atoms with Crippen LogP contribution in [0.3, 0.4) is 0 Å². The molecule has 0 aliphatic carbocycles.